The molecule has 2 rings (SSSR count). The fourth-order valence-electron chi connectivity index (χ4n) is 2.17. The summed E-state index contributed by atoms with van der Waals surface area (Å²) in [5.74, 6) is -0.403. The van der Waals surface area contributed by atoms with Crippen LogP contribution in [0.3, 0.4) is 0 Å². The van der Waals surface area contributed by atoms with E-state index >= 15 is 0 Å². The van der Waals surface area contributed by atoms with E-state index in [1.165, 1.54) is 0 Å². The smallest absolute Gasteiger partial charge is 0.238 e. The third kappa shape index (κ3) is 5.63. The largest absolute Gasteiger partial charge is 0.379 e. The predicted molar refractivity (Wildman–Crippen MR) is 89.2 cm³/mol. The highest BCUT2D eigenvalue weighted by Gasteiger charge is 2.14. The lowest BCUT2D eigenvalue weighted by atomic mass is 10.1. The van der Waals surface area contributed by atoms with E-state index in [2.05, 4.69) is 15.5 Å². The summed E-state index contributed by atoms with van der Waals surface area (Å²) in [7, 11) is 0. The lowest BCUT2D eigenvalue weighted by Crippen LogP contribution is -2.41. The average Bonchev–Trinajstić information content (AvgIpc) is 2.56. The van der Waals surface area contributed by atoms with E-state index in [0.29, 0.717) is 37.7 Å². The van der Waals surface area contributed by atoms with Crippen LogP contribution in [0.2, 0.25) is 0 Å². The predicted octanol–water partition coefficient (Wildman–Crippen LogP) is 0.491. The van der Waals surface area contributed by atoms with E-state index in [0.717, 1.165) is 13.1 Å². The quantitative estimate of drug-likeness (QED) is 0.709. The highest BCUT2D eigenvalue weighted by Crippen LogP contribution is 2.14. The zero-order valence-electron chi connectivity index (χ0n) is 13.4. The second-order valence-corrected chi connectivity index (χ2v) is 5.64. The number of anilines is 2. The molecule has 1 saturated heterocycles. The average molecular weight is 320 g/mol. The summed E-state index contributed by atoms with van der Waals surface area (Å²) in [4.78, 5) is 25.8. The van der Waals surface area contributed by atoms with Gasteiger partial charge in [-0.2, -0.15) is 0 Å². The van der Waals surface area contributed by atoms with Crippen molar-refractivity contribution >= 4 is 23.2 Å². The first-order chi connectivity index (χ1) is 11.1. The molecule has 0 aromatic heterocycles. The van der Waals surface area contributed by atoms with Crippen LogP contribution in [0.1, 0.15) is 6.92 Å². The van der Waals surface area contributed by atoms with Gasteiger partial charge in [-0.1, -0.05) is 6.92 Å². The van der Waals surface area contributed by atoms with Gasteiger partial charge in [-0.15, -0.1) is 0 Å². The Morgan fingerprint density at radius 1 is 1.17 bits per heavy atom. The van der Waals surface area contributed by atoms with Crippen LogP contribution in [-0.2, 0) is 14.3 Å². The van der Waals surface area contributed by atoms with Crippen molar-refractivity contribution in [3.8, 4) is 0 Å². The molecule has 23 heavy (non-hydrogen) atoms. The topological polar surface area (TPSA) is 96.7 Å². The van der Waals surface area contributed by atoms with Gasteiger partial charge < -0.3 is 21.1 Å². The van der Waals surface area contributed by atoms with Crippen LogP contribution in [0, 0.1) is 5.92 Å². The Bertz CT molecular complexity index is 527. The van der Waals surface area contributed by atoms with Crippen LogP contribution in [0.5, 0.6) is 0 Å². The van der Waals surface area contributed by atoms with Crippen LogP contribution in [-0.4, -0.2) is 56.1 Å². The molecule has 0 bridgehead atoms. The second kappa shape index (κ2) is 8.61. The molecule has 0 aliphatic carbocycles. The Balaban J connectivity index is 1.82. The van der Waals surface area contributed by atoms with Crippen molar-refractivity contribution in [3.63, 3.8) is 0 Å². The van der Waals surface area contributed by atoms with Crippen LogP contribution >= 0.6 is 0 Å². The number of amides is 2. The van der Waals surface area contributed by atoms with Crippen molar-refractivity contribution in [3.05, 3.63) is 24.3 Å². The van der Waals surface area contributed by atoms with Crippen LogP contribution in [0.25, 0.3) is 0 Å². The number of morpholine rings is 1. The molecule has 0 radical (unpaired) electrons. The molecule has 0 spiro atoms. The third-order valence-electron chi connectivity index (χ3n) is 3.71. The van der Waals surface area contributed by atoms with Gasteiger partial charge in [0.25, 0.3) is 0 Å². The molecule has 7 nitrogen and oxygen atoms in total. The van der Waals surface area contributed by atoms with Crippen molar-refractivity contribution < 1.29 is 14.3 Å². The zero-order valence-corrected chi connectivity index (χ0v) is 13.4. The Labute approximate surface area is 136 Å². The number of benzene rings is 1. The van der Waals surface area contributed by atoms with E-state index in [1.807, 2.05) is 0 Å². The van der Waals surface area contributed by atoms with Gasteiger partial charge in [-0.3, -0.25) is 14.5 Å². The van der Waals surface area contributed by atoms with Gasteiger partial charge >= 0.3 is 0 Å². The van der Waals surface area contributed by atoms with Crippen molar-refractivity contribution in [2.75, 3.05) is 50.0 Å². The molecule has 1 unspecified atom stereocenters. The Kier molecular flexibility index (Phi) is 6.52. The standard InChI is InChI=1S/C16H24N4O3/c1-12(10-17)16(22)19-14-4-2-13(3-5-14)18-15(21)11-20-6-8-23-9-7-20/h2-5,12H,6-11,17H2,1H3,(H,18,21)(H,19,22). The van der Waals surface area contributed by atoms with Gasteiger partial charge in [-0.25, -0.2) is 0 Å². The summed E-state index contributed by atoms with van der Waals surface area (Å²) >= 11 is 0. The van der Waals surface area contributed by atoms with Crippen molar-refractivity contribution in [1.82, 2.24) is 4.90 Å². The SMILES string of the molecule is CC(CN)C(=O)Nc1ccc(NC(=O)CN2CCOCC2)cc1. The summed E-state index contributed by atoms with van der Waals surface area (Å²) in [6.07, 6.45) is 0. The molecule has 1 atom stereocenters. The molecule has 1 aromatic carbocycles. The number of nitrogens with two attached hydrogens (primary N) is 1. The summed E-state index contributed by atoms with van der Waals surface area (Å²) in [6.45, 7) is 5.33. The molecule has 0 saturated carbocycles. The highest BCUT2D eigenvalue weighted by molar-refractivity contribution is 5.94. The van der Waals surface area contributed by atoms with Gasteiger partial charge in [0.1, 0.15) is 0 Å². The zero-order chi connectivity index (χ0) is 16.7. The van der Waals surface area contributed by atoms with Crippen molar-refractivity contribution in [2.45, 2.75) is 6.92 Å². The maximum absolute atomic E-state index is 12.0. The summed E-state index contributed by atoms with van der Waals surface area (Å²) in [6, 6.07) is 7.04. The third-order valence-corrected chi connectivity index (χ3v) is 3.71. The molecule has 1 aromatic rings. The normalized spacial score (nSPS) is 16.6. The Morgan fingerprint density at radius 3 is 2.30 bits per heavy atom. The van der Waals surface area contributed by atoms with Gasteiger partial charge in [0.05, 0.1) is 19.8 Å². The number of hydrogen-bond donors (Lipinski definition) is 3. The van der Waals surface area contributed by atoms with Gasteiger partial charge in [0, 0.05) is 36.9 Å². The van der Waals surface area contributed by atoms with E-state index < -0.39 is 0 Å². The van der Waals surface area contributed by atoms with Crippen molar-refractivity contribution in [2.24, 2.45) is 11.7 Å². The summed E-state index contributed by atoms with van der Waals surface area (Å²) in [5.41, 5.74) is 6.85. The minimum Gasteiger partial charge on any atom is -0.379 e. The van der Waals surface area contributed by atoms with E-state index in [4.69, 9.17) is 10.5 Å². The summed E-state index contributed by atoms with van der Waals surface area (Å²) < 4.78 is 5.25. The van der Waals surface area contributed by atoms with Crippen LogP contribution < -0.4 is 16.4 Å². The Morgan fingerprint density at radius 2 is 1.74 bits per heavy atom. The molecule has 1 aliphatic rings. The second-order valence-electron chi connectivity index (χ2n) is 5.64. The molecule has 1 heterocycles. The molecule has 7 heteroatoms. The molecule has 126 valence electrons. The molecule has 1 aliphatic heterocycles. The maximum Gasteiger partial charge on any atom is 0.238 e. The Hall–Kier alpha value is -1.96. The van der Waals surface area contributed by atoms with Gasteiger partial charge in [0.2, 0.25) is 11.8 Å². The fraction of sp³-hybridized carbons (Fsp3) is 0.500. The number of hydrogen-bond acceptors (Lipinski definition) is 5. The number of rotatable bonds is 6. The fourth-order valence-corrected chi connectivity index (χ4v) is 2.17. The van der Waals surface area contributed by atoms with Crippen LogP contribution in [0.4, 0.5) is 11.4 Å². The lowest BCUT2D eigenvalue weighted by Gasteiger charge is -2.25. The minimum absolute atomic E-state index is 0.0551. The first kappa shape index (κ1) is 17.4. The van der Waals surface area contributed by atoms with E-state index in [9.17, 15) is 9.59 Å². The monoisotopic (exact) mass is 320 g/mol. The molecule has 2 amide bonds. The molecular formula is C16H24N4O3. The van der Waals surface area contributed by atoms with E-state index in [1.54, 1.807) is 31.2 Å². The first-order valence-electron chi connectivity index (χ1n) is 7.79. The van der Waals surface area contributed by atoms with Gasteiger partial charge in [0.15, 0.2) is 0 Å². The lowest BCUT2D eigenvalue weighted by molar-refractivity contribution is -0.119. The number of nitrogens with zero attached hydrogens (tertiary/aromatic N) is 1. The first-order valence-corrected chi connectivity index (χ1v) is 7.79. The van der Waals surface area contributed by atoms with Gasteiger partial charge in [-0.05, 0) is 24.3 Å². The minimum atomic E-state index is -0.233. The summed E-state index contributed by atoms with van der Waals surface area (Å²) in [5, 5.41) is 5.63. The molecular weight excluding hydrogens is 296 g/mol. The highest BCUT2D eigenvalue weighted by atomic mass is 16.5. The number of ether oxygens (including phenoxy) is 1. The maximum atomic E-state index is 12.0. The molecule has 4 N–H and O–H groups in total. The number of carbonyl (C=O) groups is 2. The van der Waals surface area contributed by atoms with Crippen molar-refractivity contribution in [1.29, 1.82) is 0 Å². The van der Waals surface area contributed by atoms with E-state index in [-0.39, 0.29) is 17.7 Å². The number of carbonyl (C=O) groups excluding carboxylic acids is 2. The van der Waals surface area contributed by atoms with Crippen LogP contribution in [0.15, 0.2) is 24.3 Å². The molecule has 1 fully saturated rings. The number of nitrogens with one attached hydrogen (secondary N) is 2.